The zero-order valence-corrected chi connectivity index (χ0v) is 9.18. The first-order chi connectivity index (χ1) is 8.31. The topological polar surface area (TPSA) is 86.5 Å². The molecule has 2 rings (SSSR count). The minimum absolute atomic E-state index is 0.414. The number of hydrogen-bond donors (Lipinski definition) is 2. The summed E-state index contributed by atoms with van der Waals surface area (Å²) in [7, 11) is 0. The number of anilines is 2. The number of nitrogens with one attached hydrogen (secondary N) is 2. The number of fused-ring (bicyclic) bond motifs is 1. The van der Waals surface area contributed by atoms with Gasteiger partial charge in [0.25, 0.3) is 0 Å². The van der Waals surface area contributed by atoms with Gasteiger partial charge in [-0.2, -0.15) is 5.26 Å². The Morgan fingerprint density at radius 1 is 1.41 bits per heavy atom. The Morgan fingerprint density at radius 3 is 3.06 bits per heavy atom. The van der Waals surface area contributed by atoms with E-state index in [4.69, 9.17) is 5.26 Å². The highest BCUT2D eigenvalue weighted by Crippen LogP contribution is 2.26. The molecule has 0 amide bonds. The van der Waals surface area contributed by atoms with Gasteiger partial charge in [0.2, 0.25) is 5.96 Å². The van der Waals surface area contributed by atoms with Crippen LogP contribution in [0.3, 0.4) is 0 Å². The molecule has 2 N–H and O–H groups in total. The third-order valence-corrected chi connectivity index (χ3v) is 2.30. The minimum Gasteiger partial charge on any atom is -0.739 e. The Labute approximate surface area is 99.1 Å². The number of nitriles is 1. The second kappa shape index (κ2) is 5.18. The number of para-hydroxylation sites is 2. The van der Waals surface area contributed by atoms with E-state index in [9.17, 15) is 5.21 Å². The van der Waals surface area contributed by atoms with Crippen molar-refractivity contribution in [3.8, 4) is 6.07 Å². The average Bonchev–Trinajstić information content (AvgIpc) is 2.35. The highest BCUT2D eigenvalue weighted by Gasteiger charge is 2.12. The molecule has 1 aliphatic heterocycles. The standard InChI is InChI=1S/C11H12N5O/c12-7-3-4-8-13-11-14-9-5-1-2-6-10(9)16(17)15-11/h1-2,5-6H,3-4,8H2,(H2,13,14,15)/q-1. The molecule has 6 nitrogen and oxygen atoms in total. The molecule has 1 aromatic rings. The normalized spacial score (nSPS) is 15.8. The molecule has 0 spiro atoms. The molecule has 0 saturated carbocycles. The number of unbranched alkanes of at least 4 members (excludes halogenated alkanes) is 1. The summed E-state index contributed by atoms with van der Waals surface area (Å²) in [5.74, 6) is 0.414. The van der Waals surface area contributed by atoms with Crippen LogP contribution in [0.4, 0.5) is 11.4 Å². The second-order valence-corrected chi connectivity index (χ2v) is 3.54. The summed E-state index contributed by atoms with van der Waals surface area (Å²) in [6.45, 7) is 0.513. The van der Waals surface area contributed by atoms with Gasteiger partial charge in [0, 0.05) is 13.0 Å². The van der Waals surface area contributed by atoms with Crippen molar-refractivity contribution in [2.45, 2.75) is 12.8 Å². The molecule has 0 bridgehead atoms. The maximum Gasteiger partial charge on any atom is 0.214 e. The van der Waals surface area contributed by atoms with Crippen LogP contribution in [0.1, 0.15) is 12.8 Å². The fourth-order valence-electron chi connectivity index (χ4n) is 1.49. The van der Waals surface area contributed by atoms with Crippen molar-refractivity contribution in [2.75, 3.05) is 17.0 Å². The lowest BCUT2D eigenvalue weighted by Gasteiger charge is -2.38. The van der Waals surface area contributed by atoms with E-state index in [0.29, 0.717) is 36.2 Å². The van der Waals surface area contributed by atoms with Crippen LogP contribution in [-0.4, -0.2) is 12.5 Å². The Hall–Kier alpha value is -2.26. The van der Waals surface area contributed by atoms with Crippen LogP contribution >= 0.6 is 0 Å². The summed E-state index contributed by atoms with van der Waals surface area (Å²) >= 11 is 0. The summed E-state index contributed by atoms with van der Waals surface area (Å²) in [4.78, 5) is 4.17. The molecule has 0 saturated heterocycles. The molecule has 0 aliphatic carbocycles. The molecule has 0 atom stereocenters. The van der Waals surface area contributed by atoms with Crippen LogP contribution in [0.5, 0.6) is 0 Å². The first-order valence-corrected chi connectivity index (χ1v) is 5.32. The molecular weight excluding hydrogens is 218 g/mol. The Morgan fingerprint density at radius 2 is 2.24 bits per heavy atom. The monoisotopic (exact) mass is 230 g/mol. The van der Waals surface area contributed by atoms with E-state index in [1.807, 2.05) is 18.2 Å². The summed E-state index contributed by atoms with van der Waals surface area (Å²) in [5, 5.41) is 23.7. The van der Waals surface area contributed by atoms with Crippen molar-refractivity contribution in [1.82, 2.24) is 5.43 Å². The van der Waals surface area contributed by atoms with Gasteiger partial charge in [-0.1, -0.05) is 12.1 Å². The number of rotatable bonds is 3. The molecule has 0 radical (unpaired) electrons. The summed E-state index contributed by atoms with van der Waals surface area (Å²) < 4.78 is 0. The molecular formula is C11H12N5O-. The van der Waals surface area contributed by atoms with Crippen LogP contribution in [0.15, 0.2) is 29.3 Å². The van der Waals surface area contributed by atoms with Crippen molar-refractivity contribution < 1.29 is 0 Å². The lowest BCUT2D eigenvalue weighted by molar-refractivity contribution is 0.837. The largest absolute Gasteiger partial charge is 0.739 e. The molecule has 0 aromatic heterocycles. The summed E-state index contributed by atoms with van der Waals surface area (Å²) in [6, 6.07) is 9.22. The predicted octanol–water partition coefficient (Wildman–Crippen LogP) is 1.58. The molecule has 0 unspecified atom stereocenters. The van der Waals surface area contributed by atoms with Gasteiger partial charge in [-0.05, 0) is 18.6 Å². The van der Waals surface area contributed by atoms with Crippen molar-refractivity contribution in [3.05, 3.63) is 29.5 Å². The van der Waals surface area contributed by atoms with Gasteiger partial charge in [0.05, 0.1) is 17.4 Å². The van der Waals surface area contributed by atoms with Crippen molar-refractivity contribution in [2.24, 2.45) is 4.99 Å². The molecule has 1 aromatic carbocycles. The van der Waals surface area contributed by atoms with Gasteiger partial charge >= 0.3 is 0 Å². The van der Waals surface area contributed by atoms with Crippen LogP contribution in [0.25, 0.3) is 0 Å². The van der Waals surface area contributed by atoms with E-state index in [1.165, 1.54) is 0 Å². The van der Waals surface area contributed by atoms with Crippen LogP contribution in [-0.2, 0) is 0 Å². The fourth-order valence-corrected chi connectivity index (χ4v) is 1.49. The first kappa shape index (κ1) is 11.2. The van der Waals surface area contributed by atoms with Gasteiger partial charge in [-0.15, -0.1) is 0 Å². The second-order valence-electron chi connectivity index (χ2n) is 3.54. The van der Waals surface area contributed by atoms with E-state index in [1.54, 1.807) is 12.1 Å². The smallest absolute Gasteiger partial charge is 0.214 e. The van der Waals surface area contributed by atoms with E-state index in [0.717, 1.165) is 5.69 Å². The van der Waals surface area contributed by atoms with Gasteiger partial charge in [0.15, 0.2) is 0 Å². The van der Waals surface area contributed by atoms with Crippen LogP contribution in [0.2, 0.25) is 0 Å². The fraction of sp³-hybridized carbons (Fsp3) is 0.273. The third kappa shape index (κ3) is 2.65. The summed E-state index contributed by atoms with van der Waals surface area (Å²) in [5.41, 5.74) is 3.84. The summed E-state index contributed by atoms with van der Waals surface area (Å²) in [6.07, 6.45) is 1.15. The average molecular weight is 230 g/mol. The van der Waals surface area contributed by atoms with Gasteiger partial charge in [-0.3, -0.25) is 10.4 Å². The van der Waals surface area contributed by atoms with E-state index in [2.05, 4.69) is 15.7 Å². The third-order valence-electron chi connectivity index (χ3n) is 2.30. The highest BCUT2D eigenvalue weighted by molar-refractivity contribution is 6.00. The number of hydrazine groups is 1. The zero-order chi connectivity index (χ0) is 12.1. The molecule has 1 heterocycles. The minimum atomic E-state index is 0.414. The van der Waals surface area contributed by atoms with E-state index < -0.39 is 0 Å². The number of aliphatic imine (C=N–C) groups is 1. The van der Waals surface area contributed by atoms with Gasteiger partial charge < -0.3 is 15.7 Å². The molecule has 17 heavy (non-hydrogen) atoms. The number of guanidine groups is 1. The van der Waals surface area contributed by atoms with Crippen LogP contribution < -0.4 is 15.9 Å². The molecule has 0 fully saturated rings. The first-order valence-electron chi connectivity index (χ1n) is 5.32. The SMILES string of the molecule is N#CCCCN=C1Nc2ccccc2N([O-])N1. The maximum atomic E-state index is 11.6. The number of hydrogen-bond acceptors (Lipinski definition) is 4. The Kier molecular flexibility index (Phi) is 3.43. The van der Waals surface area contributed by atoms with Gasteiger partial charge in [-0.25, -0.2) is 0 Å². The zero-order valence-electron chi connectivity index (χ0n) is 9.18. The lowest BCUT2D eigenvalue weighted by atomic mass is 10.2. The number of benzene rings is 1. The van der Waals surface area contributed by atoms with Crippen molar-refractivity contribution >= 4 is 17.3 Å². The molecule has 1 aliphatic rings. The lowest BCUT2D eigenvalue weighted by Crippen LogP contribution is -2.46. The van der Waals surface area contributed by atoms with E-state index >= 15 is 0 Å². The molecule has 88 valence electrons. The maximum absolute atomic E-state index is 11.6. The Balaban J connectivity index is 2.04. The van der Waals surface area contributed by atoms with Crippen LogP contribution in [0, 0.1) is 16.5 Å². The van der Waals surface area contributed by atoms with E-state index in [-0.39, 0.29) is 0 Å². The van der Waals surface area contributed by atoms with Crippen molar-refractivity contribution in [1.29, 1.82) is 5.26 Å². The predicted molar refractivity (Wildman–Crippen MR) is 66.2 cm³/mol. The van der Waals surface area contributed by atoms with Gasteiger partial charge in [0.1, 0.15) is 0 Å². The highest BCUT2D eigenvalue weighted by atomic mass is 16.5. The molecule has 6 heteroatoms. The van der Waals surface area contributed by atoms with Crippen molar-refractivity contribution in [3.63, 3.8) is 0 Å². The number of nitrogens with zero attached hydrogens (tertiary/aromatic N) is 3. The Bertz CT molecular complexity index is 465. The quantitative estimate of drug-likeness (QED) is 0.770.